The van der Waals surface area contributed by atoms with Crippen LogP contribution < -0.4 is 14.8 Å². The summed E-state index contributed by atoms with van der Waals surface area (Å²) in [5.74, 6) is 0.734. The first-order valence-corrected chi connectivity index (χ1v) is 6.43. The van der Waals surface area contributed by atoms with Gasteiger partial charge in [-0.3, -0.25) is 0 Å². The fraction of sp³-hybridized carbons (Fsp3) is 0.200. The summed E-state index contributed by atoms with van der Waals surface area (Å²) in [5.41, 5.74) is 1.23. The van der Waals surface area contributed by atoms with E-state index in [0.717, 1.165) is 5.56 Å². The largest absolute Gasteiger partial charge is 0.493 e. The molecule has 1 N–H and O–H groups in total. The van der Waals surface area contributed by atoms with Crippen LogP contribution in [0.1, 0.15) is 5.56 Å². The molecule has 5 heteroatoms. The van der Waals surface area contributed by atoms with Crippen LogP contribution in [0.25, 0.3) is 0 Å². The molecule has 2 rings (SSSR count). The summed E-state index contributed by atoms with van der Waals surface area (Å²) < 4.78 is 23.9. The smallest absolute Gasteiger partial charge is 0.179 e. The van der Waals surface area contributed by atoms with Crippen molar-refractivity contribution in [2.45, 2.75) is 6.54 Å². The first-order chi connectivity index (χ1) is 9.67. The molecule has 0 aliphatic heterocycles. The fourth-order valence-electron chi connectivity index (χ4n) is 1.86. The average molecular weight is 296 g/mol. The van der Waals surface area contributed by atoms with Gasteiger partial charge in [-0.25, -0.2) is 4.39 Å². The minimum absolute atomic E-state index is 0.302. The Hall–Kier alpha value is -1.94. The molecular formula is C15H15ClFNO2. The summed E-state index contributed by atoms with van der Waals surface area (Å²) >= 11 is 6.26. The number of methoxy groups -OCH3 is 2. The minimum Gasteiger partial charge on any atom is -0.493 e. The molecule has 0 unspecified atom stereocenters. The van der Waals surface area contributed by atoms with Gasteiger partial charge in [-0.2, -0.15) is 0 Å². The highest BCUT2D eigenvalue weighted by Gasteiger charge is 2.13. The third-order valence-electron chi connectivity index (χ3n) is 2.91. The average Bonchev–Trinajstić information content (AvgIpc) is 2.47. The Bertz CT molecular complexity index is 604. The number of nitrogens with one attached hydrogen (secondary N) is 1. The van der Waals surface area contributed by atoms with E-state index in [2.05, 4.69) is 5.32 Å². The second-order valence-electron chi connectivity index (χ2n) is 4.11. The Kier molecular flexibility index (Phi) is 4.69. The normalized spacial score (nSPS) is 10.2. The van der Waals surface area contributed by atoms with Crippen molar-refractivity contribution in [1.82, 2.24) is 0 Å². The molecule has 0 bridgehead atoms. The van der Waals surface area contributed by atoms with Crippen molar-refractivity contribution >= 4 is 17.3 Å². The quantitative estimate of drug-likeness (QED) is 0.900. The SMILES string of the molecule is COc1ccc(CNc2ccccc2F)c(Cl)c1OC. The van der Waals surface area contributed by atoms with Gasteiger partial charge in [-0.05, 0) is 23.8 Å². The second-order valence-corrected chi connectivity index (χ2v) is 4.49. The van der Waals surface area contributed by atoms with Gasteiger partial charge in [0, 0.05) is 6.54 Å². The highest BCUT2D eigenvalue weighted by molar-refractivity contribution is 6.33. The van der Waals surface area contributed by atoms with E-state index in [1.165, 1.54) is 13.2 Å². The van der Waals surface area contributed by atoms with Gasteiger partial charge in [0.05, 0.1) is 24.9 Å². The summed E-state index contributed by atoms with van der Waals surface area (Å²) in [5, 5.41) is 3.46. The number of benzene rings is 2. The zero-order chi connectivity index (χ0) is 14.5. The van der Waals surface area contributed by atoms with Crippen LogP contribution in [0.2, 0.25) is 5.02 Å². The topological polar surface area (TPSA) is 30.5 Å². The lowest BCUT2D eigenvalue weighted by molar-refractivity contribution is 0.355. The maximum Gasteiger partial charge on any atom is 0.179 e. The van der Waals surface area contributed by atoms with Crippen LogP contribution in [0.3, 0.4) is 0 Å². The lowest BCUT2D eigenvalue weighted by Crippen LogP contribution is -2.03. The summed E-state index contributed by atoms with van der Waals surface area (Å²) in [7, 11) is 3.07. The van der Waals surface area contributed by atoms with Crippen LogP contribution in [-0.2, 0) is 6.54 Å². The molecule has 0 fully saturated rings. The van der Waals surface area contributed by atoms with E-state index in [-0.39, 0.29) is 5.82 Å². The zero-order valence-corrected chi connectivity index (χ0v) is 12.0. The van der Waals surface area contributed by atoms with E-state index >= 15 is 0 Å². The van der Waals surface area contributed by atoms with Crippen molar-refractivity contribution in [1.29, 1.82) is 0 Å². The lowest BCUT2D eigenvalue weighted by Gasteiger charge is -2.14. The Morgan fingerprint density at radius 1 is 1.10 bits per heavy atom. The maximum atomic E-state index is 13.5. The van der Waals surface area contributed by atoms with Crippen molar-refractivity contribution in [3.63, 3.8) is 0 Å². The molecule has 2 aromatic rings. The summed E-state index contributed by atoms with van der Waals surface area (Å²) in [6.07, 6.45) is 0. The van der Waals surface area contributed by atoms with Crippen molar-refractivity contribution in [2.24, 2.45) is 0 Å². The maximum absolute atomic E-state index is 13.5. The summed E-state index contributed by atoms with van der Waals surface area (Å²) in [6, 6.07) is 10.1. The Labute approximate surface area is 122 Å². The molecule has 2 aromatic carbocycles. The van der Waals surface area contributed by atoms with Crippen LogP contribution in [0.4, 0.5) is 10.1 Å². The van der Waals surface area contributed by atoms with Gasteiger partial charge in [0.2, 0.25) is 0 Å². The standard InChI is InChI=1S/C15H15ClFNO2/c1-19-13-8-7-10(14(16)15(13)20-2)9-18-12-6-4-3-5-11(12)17/h3-8,18H,9H2,1-2H3. The molecule has 0 aliphatic carbocycles. The molecule has 0 aromatic heterocycles. The predicted molar refractivity (Wildman–Crippen MR) is 78.3 cm³/mol. The molecule has 0 amide bonds. The molecule has 20 heavy (non-hydrogen) atoms. The first kappa shape index (κ1) is 14.5. The van der Waals surface area contributed by atoms with Gasteiger partial charge in [-0.1, -0.05) is 29.8 Å². The Morgan fingerprint density at radius 3 is 2.50 bits per heavy atom. The van der Waals surface area contributed by atoms with Crippen LogP contribution in [0.5, 0.6) is 11.5 Å². The van der Waals surface area contributed by atoms with Crippen molar-refractivity contribution in [3.05, 3.63) is 52.8 Å². The number of anilines is 1. The molecule has 0 spiro atoms. The van der Waals surface area contributed by atoms with Crippen molar-refractivity contribution in [2.75, 3.05) is 19.5 Å². The van der Waals surface area contributed by atoms with Crippen LogP contribution in [-0.4, -0.2) is 14.2 Å². The third-order valence-corrected chi connectivity index (χ3v) is 3.32. The molecule has 0 radical (unpaired) electrons. The van der Waals surface area contributed by atoms with E-state index in [9.17, 15) is 4.39 Å². The number of ether oxygens (including phenoxy) is 2. The molecule has 0 atom stereocenters. The molecule has 0 saturated carbocycles. The Balaban J connectivity index is 2.20. The summed E-state index contributed by atoms with van der Waals surface area (Å²) in [6.45, 7) is 0.389. The molecule has 3 nitrogen and oxygen atoms in total. The van der Waals surface area contributed by atoms with E-state index in [1.54, 1.807) is 31.4 Å². The highest BCUT2D eigenvalue weighted by atomic mass is 35.5. The summed E-state index contributed by atoms with van der Waals surface area (Å²) in [4.78, 5) is 0. The number of hydrogen-bond acceptors (Lipinski definition) is 3. The van der Waals surface area contributed by atoms with Crippen LogP contribution in [0.15, 0.2) is 36.4 Å². The third kappa shape index (κ3) is 2.96. The van der Waals surface area contributed by atoms with Gasteiger partial charge in [0.25, 0.3) is 0 Å². The number of hydrogen-bond donors (Lipinski definition) is 1. The van der Waals surface area contributed by atoms with E-state index in [0.29, 0.717) is 28.8 Å². The van der Waals surface area contributed by atoms with Crippen LogP contribution in [0, 0.1) is 5.82 Å². The molecule has 0 heterocycles. The van der Waals surface area contributed by atoms with Crippen molar-refractivity contribution in [3.8, 4) is 11.5 Å². The van der Waals surface area contributed by atoms with E-state index in [4.69, 9.17) is 21.1 Å². The minimum atomic E-state index is -0.302. The lowest BCUT2D eigenvalue weighted by atomic mass is 10.2. The monoisotopic (exact) mass is 295 g/mol. The van der Waals surface area contributed by atoms with Gasteiger partial charge in [-0.15, -0.1) is 0 Å². The highest BCUT2D eigenvalue weighted by Crippen LogP contribution is 2.37. The van der Waals surface area contributed by atoms with Crippen molar-refractivity contribution < 1.29 is 13.9 Å². The van der Waals surface area contributed by atoms with Gasteiger partial charge in [0.15, 0.2) is 11.5 Å². The van der Waals surface area contributed by atoms with E-state index < -0.39 is 0 Å². The van der Waals surface area contributed by atoms with Gasteiger partial charge < -0.3 is 14.8 Å². The first-order valence-electron chi connectivity index (χ1n) is 6.05. The predicted octanol–water partition coefficient (Wildman–Crippen LogP) is 4.11. The molecule has 0 aliphatic rings. The van der Waals surface area contributed by atoms with Gasteiger partial charge in [0.1, 0.15) is 5.82 Å². The zero-order valence-electron chi connectivity index (χ0n) is 11.2. The fourth-order valence-corrected chi connectivity index (χ4v) is 2.16. The number of halogens is 2. The molecule has 106 valence electrons. The molecular weight excluding hydrogens is 281 g/mol. The number of rotatable bonds is 5. The number of para-hydroxylation sites is 1. The van der Waals surface area contributed by atoms with Crippen LogP contribution >= 0.6 is 11.6 Å². The second kappa shape index (κ2) is 6.48. The Morgan fingerprint density at radius 2 is 1.85 bits per heavy atom. The van der Waals surface area contributed by atoms with Gasteiger partial charge >= 0.3 is 0 Å². The molecule has 0 saturated heterocycles. The van der Waals surface area contributed by atoms with E-state index in [1.807, 2.05) is 6.07 Å².